The highest BCUT2D eigenvalue weighted by molar-refractivity contribution is 5.74. The molecule has 1 heterocycles. The lowest BCUT2D eigenvalue weighted by molar-refractivity contribution is 0.236. The lowest BCUT2D eigenvalue weighted by Gasteiger charge is -2.16. The van der Waals surface area contributed by atoms with Crippen LogP contribution in [0.5, 0.6) is 0 Å². The van der Waals surface area contributed by atoms with E-state index in [0.717, 1.165) is 26.1 Å². The van der Waals surface area contributed by atoms with E-state index >= 15 is 0 Å². The first kappa shape index (κ1) is 12.9. The zero-order chi connectivity index (χ0) is 12.8. The fraction of sp³-hybridized carbons (Fsp3) is 0.500. The van der Waals surface area contributed by atoms with Gasteiger partial charge in [-0.2, -0.15) is 0 Å². The van der Waals surface area contributed by atoms with Crippen molar-refractivity contribution >= 4 is 6.03 Å². The Labute approximate surface area is 108 Å². The van der Waals surface area contributed by atoms with E-state index in [1.165, 1.54) is 5.56 Å². The van der Waals surface area contributed by atoms with E-state index in [9.17, 15) is 4.79 Å². The fourth-order valence-corrected chi connectivity index (χ4v) is 2.33. The molecule has 0 spiro atoms. The molecular formula is C14H21N3O. The van der Waals surface area contributed by atoms with Gasteiger partial charge in [0.05, 0.1) is 0 Å². The van der Waals surface area contributed by atoms with Gasteiger partial charge in [-0.3, -0.25) is 4.90 Å². The third-order valence-electron chi connectivity index (χ3n) is 3.19. The molecule has 0 saturated carbocycles. The molecule has 0 aliphatic carbocycles. The molecule has 1 aliphatic rings. The van der Waals surface area contributed by atoms with Crippen LogP contribution in [0.15, 0.2) is 30.3 Å². The molecule has 0 radical (unpaired) electrons. The molecule has 4 nitrogen and oxygen atoms in total. The first-order valence-corrected chi connectivity index (χ1v) is 6.58. The molecule has 18 heavy (non-hydrogen) atoms. The number of carbonyl (C=O) groups is 1. The minimum atomic E-state index is -0.0518. The van der Waals surface area contributed by atoms with Gasteiger partial charge in [-0.15, -0.1) is 0 Å². The van der Waals surface area contributed by atoms with Crippen molar-refractivity contribution in [3.05, 3.63) is 35.9 Å². The van der Waals surface area contributed by atoms with Gasteiger partial charge in [0, 0.05) is 32.2 Å². The number of hydrogen-bond acceptors (Lipinski definition) is 2. The maximum absolute atomic E-state index is 11.4. The molecule has 1 aromatic rings. The average Bonchev–Trinajstić information content (AvgIpc) is 2.78. The number of nitrogens with zero attached hydrogens (tertiary/aromatic N) is 1. The van der Waals surface area contributed by atoms with Crippen molar-refractivity contribution < 1.29 is 4.79 Å². The Morgan fingerprint density at radius 1 is 1.39 bits per heavy atom. The standard InChI is InChI=1S/C14H21N3O/c1-2-15-14(18)16-13-8-9-17(11-13)10-12-6-4-3-5-7-12/h3-7,13H,2,8-11H2,1H3,(H2,15,16,18). The van der Waals surface area contributed by atoms with Crippen LogP contribution in [0.3, 0.4) is 0 Å². The summed E-state index contributed by atoms with van der Waals surface area (Å²) < 4.78 is 0. The van der Waals surface area contributed by atoms with Gasteiger partial charge in [-0.25, -0.2) is 4.79 Å². The second kappa shape index (κ2) is 6.40. The maximum atomic E-state index is 11.4. The summed E-state index contributed by atoms with van der Waals surface area (Å²) in [6.45, 7) is 5.55. The highest BCUT2D eigenvalue weighted by Crippen LogP contribution is 2.13. The molecule has 98 valence electrons. The van der Waals surface area contributed by atoms with Crippen LogP contribution in [0, 0.1) is 0 Å². The molecule has 2 amide bonds. The number of carbonyl (C=O) groups excluding carboxylic acids is 1. The van der Waals surface area contributed by atoms with Gasteiger partial charge in [0.15, 0.2) is 0 Å². The predicted octanol–water partition coefficient (Wildman–Crippen LogP) is 1.58. The van der Waals surface area contributed by atoms with Gasteiger partial charge in [0.2, 0.25) is 0 Å². The first-order valence-electron chi connectivity index (χ1n) is 6.58. The van der Waals surface area contributed by atoms with E-state index in [-0.39, 0.29) is 12.1 Å². The van der Waals surface area contributed by atoms with E-state index in [1.807, 2.05) is 13.0 Å². The fourth-order valence-electron chi connectivity index (χ4n) is 2.33. The third-order valence-corrected chi connectivity index (χ3v) is 3.19. The summed E-state index contributed by atoms with van der Waals surface area (Å²) in [6, 6.07) is 10.7. The molecule has 0 bridgehead atoms. The summed E-state index contributed by atoms with van der Waals surface area (Å²) in [5.41, 5.74) is 1.33. The smallest absolute Gasteiger partial charge is 0.315 e. The third kappa shape index (κ3) is 3.74. The predicted molar refractivity (Wildman–Crippen MR) is 72.3 cm³/mol. The van der Waals surface area contributed by atoms with E-state index < -0.39 is 0 Å². The Morgan fingerprint density at radius 3 is 2.89 bits per heavy atom. The monoisotopic (exact) mass is 247 g/mol. The van der Waals surface area contributed by atoms with Crippen LogP contribution in [-0.4, -0.2) is 36.6 Å². The summed E-state index contributed by atoms with van der Waals surface area (Å²) in [5.74, 6) is 0. The second-order valence-electron chi connectivity index (χ2n) is 4.71. The number of urea groups is 1. The Kier molecular flexibility index (Phi) is 4.59. The van der Waals surface area contributed by atoms with Crippen molar-refractivity contribution in [2.24, 2.45) is 0 Å². The van der Waals surface area contributed by atoms with Crippen molar-refractivity contribution in [2.75, 3.05) is 19.6 Å². The van der Waals surface area contributed by atoms with Gasteiger partial charge < -0.3 is 10.6 Å². The van der Waals surface area contributed by atoms with Crippen molar-refractivity contribution in [1.82, 2.24) is 15.5 Å². The highest BCUT2D eigenvalue weighted by Gasteiger charge is 2.23. The largest absolute Gasteiger partial charge is 0.338 e. The molecule has 4 heteroatoms. The van der Waals surface area contributed by atoms with Crippen LogP contribution < -0.4 is 10.6 Å². The molecule has 1 unspecified atom stereocenters. The minimum absolute atomic E-state index is 0.0518. The van der Waals surface area contributed by atoms with Gasteiger partial charge in [0.1, 0.15) is 0 Å². The summed E-state index contributed by atoms with van der Waals surface area (Å²) in [6.07, 6.45) is 1.03. The Balaban J connectivity index is 1.76. The van der Waals surface area contributed by atoms with Crippen LogP contribution in [0.25, 0.3) is 0 Å². The minimum Gasteiger partial charge on any atom is -0.338 e. The lowest BCUT2D eigenvalue weighted by Crippen LogP contribution is -2.43. The lowest BCUT2D eigenvalue weighted by atomic mass is 10.2. The van der Waals surface area contributed by atoms with Gasteiger partial charge >= 0.3 is 6.03 Å². The van der Waals surface area contributed by atoms with Crippen molar-refractivity contribution in [3.8, 4) is 0 Å². The van der Waals surface area contributed by atoms with E-state index in [2.05, 4.69) is 39.8 Å². The molecule has 0 aromatic heterocycles. The Hall–Kier alpha value is -1.55. The van der Waals surface area contributed by atoms with Gasteiger partial charge in [0.25, 0.3) is 0 Å². The van der Waals surface area contributed by atoms with Crippen LogP contribution in [-0.2, 0) is 6.54 Å². The summed E-state index contributed by atoms with van der Waals surface area (Å²) in [7, 11) is 0. The zero-order valence-corrected chi connectivity index (χ0v) is 10.9. The Bertz CT molecular complexity index is 380. The molecule has 1 saturated heterocycles. The zero-order valence-electron chi connectivity index (χ0n) is 10.9. The molecule has 2 N–H and O–H groups in total. The summed E-state index contributed by atoms with van der Waals surface area (Å²) in [5, 5.41) is 5.77. The van der Waals surface area contributed by atoms with Crippen molar-refractivity contribution in [1.29, 1.82) is 0 Å². The normalized spacial score (nSPS) is 19.7. The van der Waals surface area contributed by atoms with Crippen molar-refractivity contribution in [3.63, 3.8) is 0 Å². The molecule has 1 fully saturated rings. The quantitative estimate of drug-likeness (QED) is 0.848. The van der Waals surface area contributed by atoms with Crippen LogP contribution >= 0.6 is 0 Å². The van der Waals surface area contributed by atoms with Gasteiger partial charge in [-0.1, -0.05) is 30.3 Å². The number of benzene rings is 1. The number of nitrogens with one attached hydrogen (secondary N) is 2. The molecule has 2 rings (SSSR count). The number of likely N-dealkylation sites (tertiary alicyclic amines) is 1. The average molecular weight is 247 g/mol. The topological polar surface area (TPSA) is 44.4 Å². The highest BCUT2D eigenvalue weighted by atomic mass is 16.2. The SMILES string of the molecule is CCNC(=O)NC1CCN(Cc2ccccc2)C1. The van der Waals surface area contributed by atoms with Gasteiger partial charge in [-0.05, 0) is 18.9 Å². The van der Waals surface area contributed by atoms with E-state index in [1.54, 1.807) is 0 Å². The number of amides is 2. The maximum Gasteiger partial charge on any atom is 0.315 e. The summed E-state index contributed by atoms with van der Waals surface area (Å²) in [4.78, 5) is 13.8. The van der Waals surface area contributed by atoms with Crippen LogP contribution in [0.2, 0.25) is 0 Å². The van der Waals surface area contributed by atoms with Crippen molar-refractivity contribution in [2.45, 2.75) is 25.9 Å². The van der Waals surface area contributed by atoms with E-state index in [0.29, 0.717) is 6.54 Å². The van der Waals surface area contributed by atoms with Crippen LogP contribution in [0.1, 0.15) is 18.9 Å². The second-order valence-corrected chi connectivity index (χ2v) is 4.71. The molecular weight excluding hydrogens is 226 g/mol. The molecule has 1 aliphatic heterocycles. The summed E-state index contributed by atoms with van der Waals surface area (Å²) >= 11 is 0. The number of hydrogen-bond donors (Lipinski definition) is 2. The first-order chi connectivity index (χ1) is 8.78. The molecule has 1 aromatic carbocycles. The molecule has 1 atom stereocenters. The van der Waals surface area contributed by atoms with E-state index in [4.69, 9.17) is 0 Å². The van der Waals surface area contributed by atoms with Crippen LogP contribution in [0.4, 0.5) is 4.79 Å². The Morgan fingerprint density at radius 2 is 2.17 bits per heavy atom. The number of rotatable bonds is 4.